The summed E-state index contributed by atoms with van der Waals surface area (Å²) in [5, 5.41) is 5.37. The number of rotatable bonds is 4. The van der Waals surface area contributed by atoms with Crippen LogP contribution in [-0.2, 0) is 4.79 Å². The molecule has 1 aromatic carbocycles. The van der Waals surface area contributed by atoms with Crippen molar-refractivity contribution in [3.05, 3.63) is 29.6 Å². The van der Waals surface area contributed by atoms with Crippen molar-refractivity contribution >= 4 is 11.6 Å². The highest BCUT2D eigenvalue weighted by Crippen LogP contribution is 2.33. The molecule has 6 heteroatoms. The maximum Gasteiger partial charge on any atom is 0.232 e. The van der Waals surface area contributed by atoms with Gasteiger partial charge in [-0.2, -0.15) is 0 Å². The number of amides is 1. The normalized spacial score (nSPS) is 22.0. The second-order valence-electron chi connectivity index (χ2n) is 5.16. The summed E-state index contributed by atoms with van der Waals surface area (Å²) in [7, 11) is 0. The summed E-state index contributed by atoms with van der Waals surface area (Å²) in [6, 6.07) is 1.11. The van der Waals surface area contributed by atoms with Gasteiger partial charge in [0.25, 0.3) is 0 Å². The Balaban J connectivity index is 2.23. The molecule has 1 aliphatic heterocycles. The van der Waals surface area contributed by atoms with Gasteiger partial charge in [-0.25, -0.2) is 13.2 Å². The average Bonchev–Trinajstić information content (AvgIpc) is 2.83. The topological polar surface area (TPSA) is 41.1 Å². The molecule has 0 saturated carbocycles. The van der Waals surface area contributed by atoms with Crippen LogP contribution in [0.4, 0.5) is 18.9 Å². The third-order valence-corrected chi connectivity index (χ3v) is 3.70. The highest BCUT2D eigenvalue weighted by atomic mass is 19.1. The Morgan fingerprint density at radius 1 is 1.35 bits per heavy atom. The summed E-state index contributed by atoms with van der Waals surface area (Å²) in [5.74, 6) is -3.64. The average molecular weight is 286 g/mol. The van der Waals surface area contributed by atoms with E-state index in [9.17, 15) is 18.0 Å². The second-order valence-corrected chi connectivity index (χ2v) is 5.16. The number of nitrogens with one attached hydrogen (secondary N) is 2. The van der Waals surface area contributed by atoms with Crippen LogP contribution in [0.2, 0.25) is 0 Å². The molecule has 1 saturated heterocycles. The van der Waals surface area contributed by atoms with E-state index >= 15 is 0 Å². The lowest BCUT2D eigenvalue weighted by atomic mass is 9.81. The molecule has 1 aromatic rings. The number of carbonyl (C=O) groups is 1. The summed E-state index contributed by atoms with van der Waals surface area (Å²) < 4.78 is 40.0. The van der Waals surface area contributed by atoms with Crippen LogP contribution < -0.4 is 10.6 Å². The molecule has 1 unspecified atom stereocenters. The van der Waals surface area contributed by atoms with Crippen molar-refractivity contribution in [3.63, 3.8) is 0 Å². The Labute approximate surface area is 115 Å². The van der Waals surface area contributed by atoms with Gasteiger partial charge in [-0.3, -0.25) is 4.79 Å². The molecule has 0 spiro atoms. The van der Waals surface area contributed by atoms with Crippen molar-refractivity contribution in [2.24, 2.45) is 5.41 Å². The zero-order valence-corrected chi connectivity index (χ0v) is 11.2. The van der Waals surface area contributed by atoms with E-state index in [1.165, 1.54) is 0 Å². The first kappa shape index (κ1) is 14.8. The van der Waals surface area contributed by atoms with Gasteiger partial charge in [0, 0.05) is 18.7 Å². The molecule has 0 aliphatic carbocycles. The van der Waals surface area contributed by atoms with Gasteiger partial charge >= 0.3 is 0 Å². The molecule has 1 heterocycles. The number of hydrogen-bond donors (Lipinski definition) is 2. The van der Waals surface area contributed by atoms with Gasteiger partial charge < -0.3 is 10.6 Å². The van der Waals surface area contributed by atoms with Crippen molar-refractivity contribution in [1.29, 1.82) is 0 Å². The lowest BCUT2D eigenvalue weighted by Gasteiger charge is -2.26. The summed E-state index contributed by atoms with van der Waals surface area (Å²) in [6.07, 6.45) is 2.05. The van der Waals surface area contributed by atoms with Crippen LogP contribution in [0.25, 0.3) is 0 Å². The molecule has 0 radical (unpaired) electrons. The maximum atomic E-state index is 13.6. The Hall–Kier alpha value is -1.56. The first-order valence-corrected chi connectivity index (χ1v) is 6.65. The number of hydrogen-bond acceptors (Lipinski definition) is 2. The highest BCUT2D eigenvalue weighted by molar-refractivity contribution is 5.96. The molecule has 0 bridgehead atoms. The summed E-state index contributed by atoms with van der Waals surface area (Å²) in [6.45, 7) is 3.13. The van der Waals surface area contributed by atoms with Crippen LogP contribution in [0.1, 0.15) is 26.2 Å². The molecule has 20 heavy (non-hydrogen) atoms. The number of halogens is 3. The molecule has 3 nitrogen and oxygen atoms in total. The van der Waals surface area contributed by atoms with E-state index in [1.54, 1.807) is 0 Å². The third kappa shape index (κ3) is 2.80. The fraction of sp³-hybridized carbons (Fsp3) is 0.500. The molecule has 1 fully saturated rings. The van der Waals surface area contributed by atoms with Crippen molar-refractivity contribution in [1.82, 2.24) is 5.32 Å². The zero-order valence-electron chi connectivity index (χ0n) is 11.2. The molecular weight excluding hydrogens is 269 g/mol. The molecule has 2 rings (SSSR count). The lowest BCUT2D eigenvalue weighted by molar-refractivity contribution is -0.125. The monoisotopic (exact) mass is 286 g/mol. The van der Waals surface area contributed by atoms with Gasteiger partial charge in [-0.1, -0.05) is 13.3 Å². The molecule has 1 aliphatic rings. The van der Waals surface area contributed by atoms with Gasteiger partial charge in [0.05, 0.1) is 5.41 Å². The van der Waals surface area contributed by atoms with Crippen molar-refractivity contribution in [3.8, 4) is 0 Å². The highest BCUT2D eigenvalue weighted by Gasteiger charge is 2.40. The SMILES string of the molecule is CCCC1(C(=O)Nc2c(F)cc(F)cc2F)CCNC1. The molecule has 1 atom stereocenters. The fourth-order valence-electron chi connectivity index (χ4n) is 2.65. The standard InChI is InChI=1S/C14H17F3N2O/c1-2-3-14(4-5-18-8-14)13(20)19-12-10(16)6-9(15)7-11(12)17/h6-7,18H,2-5,8H2,1H3,(H,19,20). The van der Waals surface area contributed by atoms with Crippen LogP contribution in [0.5, 0.6) is 0 Å². The molecule has 110 valence electrons. The number of benzene rings is 1. The maximum absolute atomic E-state index is 13.6. The van der Waals surface area contributed by atoms with E-state index in [4.69, 9.17) is 0 Å². The van der Waals surface area contributed by atoms with Gasteiger partial charge in [0.15, 0.2) is 11.6 Å². The Bertz CT molecular complexity index is 490. The van der Waals surface area contributed by atoms with E-state index in [2.05, 4.69) is 10.6 Å². The van der Waals surface area contributed by atoms with E-state index in [0.717, 1.165) is 6.42 Å². The van der Waals surface area contributed by atoms with Crippen molar-refractivity contribution in [2.75, 3.05) is 18.4 Å². The minimum atomic E-state index is -1.10. The smallest absolute Gasteiger partial charge is 0.232 e. The van der Waals surface area contributed by atoms with Crippen LogP contribution >= 0.6 is 0 Å². The minimum absolute atomic E-state index is 0.422. The summed E-state index contributed by atoms with van der Waals surface area (Å²) >= 11 is 0. The number of carbonyl (C=O) groups excluding carboxylic acids is 1. The Kier molecular flexibility index (Phi) is 4.32. The molecule has 2 N–H and O–H groups in total. The lowest BCUT2D eigenvalue weighted by Crippen LogP contribution is -2.38. The predicted molar refractivity (Wildman–Crippen MR) is 69.8 cm³/mol. The number of anilines is 1. The first-order chi connectivity index (χ1) is 9.48. The van der Waals surface area contributed by atoms with Crippen LogP contribution in [-0.4, -0.2) is 19.0 Å². The third-order valence-electron chi connectivity index (χ3n) is 3.70. The van der Waals surface area contributed by atoms with E-state index in [0.29, 0.717) is 38.1 Å². The first-order valence-electron chi connectivity index (χ1n) is 6.65. The van der Waals surface area contributed by atoms with Crippen molar-refractivity contribution < 1.29 is 18.0 Å². The van der Waals surface area contributed by atoms with Gasteiger partial charge in [0.1, 0.15) is 11.5 Å². The van der Waals surface area contributed by atoms with E-state index in [1.807, 2.05) is 6.92 Å². The second kappa shape index (κ2) is 5.83. The Morgan fingerprint density at radius 2 is 2.00 bits per heavy atom. The van der Waals surface area contributed by atoms with Crippen LogP contribution in [0.3, 0.4) is 0 Å². The predicted octanol–water partition coefficient (Wildman–Crippen LogP) is 2.82. The van der Waals surface area contributed by atoms with Crippen molar-refractivity contribution in [2.45, 2.75) is 26.2 Å². The van der Waals surface area contributed by atoms with E-state index in [-0.39, 0.29) is 0 Å². The van der Waals surface area contributed by atoms with Gasteiger partial charge in [-0.15, -0.1) is 0 Å². The summed E-state index contributed by atoms with van der Waals surface area (Å²) in [5.41, 5.74) is -1.24. The molecule has 1 amide bonds. The largest absolute Gasteiger partial charge is 0.321 e. The zero-order chi connectivity index (χ0) is 14.8. The Morgan fingerprint density at radius 3 is 2.50 bits per heavy atom. The van der Waals surface area contributed by atoms with Crippen LogP contribution in [0.15, 0.2) is 12.1 Å². The summed E-state index contributed by atoms with van der Waals surface area (Å²) in [4.78, 5) is 12.3. The molecular formula is C14H17F3N2O. The quantitative estimate of drug-likeness (QED) is 0.893. The fourth-order valence-corrected chi connectivity index (χ4v) is 2.65. The minimum Gasteiger partial charge on any atom is -0.321 e. The molecule has 0 aromatic heterocycles. The van der Waals surface area contributed by atoms with Crippen LogP contribution in [0, 0.1) is 22.9 Å². The van der Waals surface area contributed by atoms with E-state index < -0.39 is 34.5 Å². The van der Waals surface area contributed by atoms with Gasteiger partial charge in [0.2, 0.25) is 5.91 Å². The van der Waals surface area contributed by atoms with Gasteiger partial charge in [-0.05, 0) is 19.4 Å².